The molecule has 1 atom stereocenters. The third-order valence-corrected chi connectivity index (χ3v) is 3.49. The van der Waals surface area contributed by atoms with Crippen LogP contribution in [0.1, 0.15) is 59.3 Å². The number of amides is 1. The lowest BCUT2D eigenvalue weighted by molar-refractivity contribution is -0.148. The maximum atomic E-state index is 11.7. The lowest BCUT2D eigenvalue weighted by Gasteiger charge is -2.15. The van der Waals surface area contributed by atoms with Gasteiger partial charge in [0.2, 0.25) is 5.91 Å². The van der Waals surface area contributed by atoms with E-state index in [1.54, 1.807) is 0 Å². The second-order valence-electron chi connectivity index (χ2n) is 5.95. The molecule has 1 N–H and O–H groups in total. The van der Waals surface area contributed by atoms with Crippen molar-refractivity contribution in [1.82, 2.24) is 5.32 Å². The largest absolute Gasteiger partial charge is 0.463 e. The van der Waals surface area contributed by atoms with Crippen LogP contribution in [0, 0.1) is 11.8 Å². The summed E-state index contributed by atoms with van der Waals surface area (Å²) in [7, 11) is 0. The van der Waals surface area contributed by atoms with Gasteiger partial charge >= 0.3 is 5.97 Å². The molecule has 0 saturated heterocycles. The molecule has 110 valence electrons. The number of ether oxygens (including phenoxy) is 1. The normalized spacial score (nSPS) is 17.5. The molecular formula is C15H27NO3. The third-order valence-electron chi connectivity index (χ3n) is 3.49. The molecule has 1 aliphatic carbocycles. The maximum absolute atomic E-state index is 11.7. The number of hydrogen-bond acceptors (Lipinski definition) is 3. The van der Waals surface area contributed by atoms with Gasteiger partial charge in [-0.15, -0.1) is 0 Å². The van der Waals surface area contributed by atoms with Gasteiger partial charge in [-0.25, -0.2) is 0 Å². The predicted molar refractivity (Wildman–Crippen MR) is 74.6 cm³/mol. The molecule has 1 aliphatic rings. The van der Waals surface area contributed by atoms with Crippen LogP contribution in [0.4, 0.5) is 0 Å². The van der Waals surface area contributed by atoms with Gasteiger partial charge in [-0.3, -0.25) is 9.59 Å². The van der Waals surface area contributed by atoms with Crippen LogP contribution < -0.4 is 5.32 Å². The summed E-state index contributed by atoms with van der Waals surface area (Å²) in [5.41, 5.74) is 0. The van der Waals surface area contributed by atoms with E-state index in [2.05, 4.69) is 19.2 Å². The molecule has 0 bridgehead atoms. The Morgan fingerprint density at radius 1 is 1.21 bits per heavy atom. The number of rotatable bonds is 7. The Morgan fingerprint density at radius 2 is 1.84 bits per heavy atom. The van der Waals surface area contributed by atoms with Gasteiger partial charge in [0.05, 0.1) is 12.5 Å². The van der Waals surface area contributed by atoms with Gasteiger partial charge in [-0.2, -0.15) is 0 Å². The first-order valence-corrected chi connectivity index (χ1v) is 7.46. The van der Waals surface area contributed by atoms with Gasteiger partial charge in [0, 0.05) is 12.5 Å². The summed E-state index contributed by atoms with van der Waals surface area (Å²) < 4.78 is 5.28. The summed E-state index contributed by atoms with van der Waals surface area (Å²) >= 11 is 0. The Hall–Kier alpha value is -1.06. The molecule has 1 unspecified atom stereocenters. The molecule has 1 rings (SSSR count). The highest BCUT2D eigenvalue weighted by Crippen LogP contribution is 2.24. The van der Waals surface area contributed by atoms with Crippen molar-refractivity contribution >= 4 is 11.9 Å². The average molecular weight is 269 g/mol. The summed E-state index contributed by atoms with van der Waals surface area (Å²) in [5, 5.41) is 2.83. The molecule has 1 saturated carbocycles. The van der Waals surface area contributed by atoms with E-state index in [4.69, 9.17) is 4.74 Å². The number of nitrogens with one attached hydrogen (secondary N) is 1. The van der Waals surface area contributed by atoms with E-state index in [0.717, 1.165) is 32.1 Å². The van der Waals surface area contributed by atoms with Crippen LogP contribution in [-0.2, 0) is 14.3 Å². The van der Waals surface area contributed by atoms with Crippen LogP contribution in [0.3, 0.4) is 0 Å². The highest BCUT2D eigenvalue weighted by molar-refractivity contribution is 5.79. The highest BCUT2D eigenvalue weighted by Gasteiger charge is 2.22. The highest BCUT2D eigenvalue weighted by atomic mass is 16.5. The second-order valence-corrected chi connectivity index (χ2v) is 5.95. The fraction of sp³-hybridized carbons (Fsp3) is 0.867. The summed E-state index contributed by atoms with van der Waals surface area (Å²) in [4.78, 5) is 23.3. The van der Waals surface area contributed by atoms with Crippen molar-refractivity contribution in [2.45, 2.75) is 65.4 Å². The Morgan fingerprint density at radius 3 is 2.42 bits per heavy atom. The van der Waals surface area contributed by atoms with Crippen LogP contribution >= 0.6 is 0 Å². The van der Waals surface area contributed by atoms with Crippen molar-refractivity contribution in [1.29, 1.82) is 0 Å². The van der Waals surface area contributed by atoms with Crippen molar-refractivity contribution in [2.75, 3.05) is 6.54 Å². The van der Waals surface area contributed by atoms with E-state index >= 15 is 0 Å². The second kappa shape index (κ2) is 8.18. The molecule has 19 heavy (non-hydrogen) atoms. The van der Waals surface area contributed by atoms with Gasteiger partial charge < -0.3 is 10.1 Å². The summed E-state index contributed by atoms with van der Waals surface area (Å²) in [6.07, 6.45) is 5.36. The standard InChI is InChI=1S/C15H27NO3/c1-11(2)10-12(3)19-14(17)8-9-16-15(18)13-6-4-5-7-13/h11-13H,4-10H2,1-3H3,(H,16,18). The van der Waals surface area contributed by atoms with E-state index in [1.807, 2.05) is 6.92 Å². The molecule has 0 heterocycles. The molecule has 0 aromatic heterocycles. The predicted octanol–water partition coefficient (Wildman–Crippen LogP) is 2.66. The van der Waals surface area contributed by atoms with Crippen molar-refractivity contribution in [3.05, 3.63) is 0 Å². The zero-order valence-corrected chi connectivity index (χ0v) is 12.4. The molecule has 1 fully saturated rings. The zero-order chi connectivity index (χ0) is 14.3. The fourth-order valence-electron chi connectivity index (χ4n) is 2.62. The van der Waals surface area contributed by atoms with Crippen molar-refractivity contribution in [3.8, 4) is 0 Å². The van der Waals surface area contributed by atoms with Crippen LogP contribution in [0.25, 0.3) is 0 Å². The van der Waals surface area contributed by atoms with Crippen LogP contribution in [-0.4, -0.2) is 24.5 Å². The summed E-state index contributed by atoms with van der Waals surface area (Å²) in [6.45, 7) is 6.51. The summed E-state index contributed by atoms with van der Waals surface area (Å²) in [5.74, 6) is 0.557. The van der Waals surface area contributed by atoms with Gasteiger partial charge in [0.15, 0.2) is 0 Å². The average Bonchev–Trinajstić information content (AvgIpc) is 2.80. The van der Waals surface area contributed by atoms with E-state index in [-0.39, 0.29) is 30.3 Å². The van der Waals surface area contributed by atoms with Crippen molar-refractivity contribution in [3.63, 3.8) is 0 Å². The Kier molecular flexibility index (Phi) is 6.89. The lowest BCUT2D eigenvalue weighted by atomic mass is 10.1. The number of carbonyl (C=O) groups is 2. The maximum Gasteiger partial charge on any atom is 0.307 e. The molecule has 0 aromatic rings. The molecule has 1 amide bonds. The van der Waals surface area contributed by atoms with Crippen molar-refractivity contribution < 1.29 is 14.3 Å². The molecule has 0 aromatic carbocycles. The van der Waals surface area contributed by atoms with E-state index < -0.39 is 0 Å². The van der Waals surface area contributed by atoms with E-state index in [1.165, 1.54) is 0 Å². The first kappa shape index (κ1) is 16.0. The number of carbonyl (C=O) groups excluding carboxylic acids is 2. The van der Waals surface area contributed by atoms with E-state index in [0.29, 0.717) is 12.5 Å². The third kappa shape index (κ3) is 6.60. The minimum atomic E-state index is -0.222. The van der Waals surface area contributed by atoms with Crippen LogP contribution in [0.2, 0.25) is 0 Å². The first-order valence-electron chi connectivity index (χ1n) is 7.46. The lowest BCUT2D eigenvalue weighted by Crippen LogP contribution is -2.31. The minimum Gasteiger partial charge on any atom is -0.463 e. The molecule has 0 spiro atoms. The van der Waals surface area contributed by atoms with Gasteiger partial charge in [-0.05, 0) is 32.1 Å². The van der Waals surface area contributed by atoms with Gasteiger partial charge in [0.25, 0.3) is 0 Å². The van der Waals surface area contributed by atoms with E-state index in [9.17, 15) is 9.59 Å². The van der Waals surface area contributed by atoms with Crippen LogP contribution in [0.5, 0.6) is 0 Å². The van der Waals surface area contributed by atoms with Gasteiger partial charge in [0.1, 0.15) is 0 Å². The topological polar surface area (TPSA) is 55.4 Å². The first-order chi connectivity index (χ1) is 8.99. The minimum absolute atomic E-state index is 0.0435. The molecular weight excluding hydrogens is 242 g/mol. The SMILES string of the molecule is CC(C)CC(C)OC(=O)CCNC(=O)C1CCCC1. The summed E-state index contributed by atoms with van der Waals surface area (Å²) in [6, 6.07) is 0. The van der Waals surface area contributed by atoms with Crippen molar-refractivity contribution in [2.24, 2.45) is 11.8 Å². The molecule has 4 nitrogen and oxygen atoms in total. The Balaban J connectivity index is 2.11. The monoisotopic (exact) mass is 269 g/mol. The molecule has 0 radical (unpaired) electrons. The Bertz CT molecular complexity index is 296. The van der Waals surface area contributed by atoms with Crippen LogP contribution in [0.15, 0.2) is 0 Å². The zero-order valence-electron chi connectivity index (χ0n) is 12.4. The fourth-order valence-corrected chi connectivity index (χ4v) is 2.62. The quantitative estimate of drug-likeness (QED) is 0.723. The molecule has 4 heteroatoms. The molecule has 0 aliphatic heterocycles. The number of hydrogen-bond donors (Lipinski definition) is 1. The Labute approximate surface area is 116 Å². The van der Waals surface area contributed by atoms with Gasteiger partial charge in [-0.1, -0.05) is 26.7 Å². The smallest absolute Gasteiger partial charge is 0.307 e. The number of esters is 1.